The molecule has 1 heterocycles. The second kappa shape index (κ2) is 13.3. The van der Waals surface area contributed by atoms with Crippen molar-refractivity contribution in [2.24, 2.45) is 0 Å². The summed E-state index contributed by atoms with van der Waals surface area (Å²) in [5, 5.41) is 9.82. The van der Waals surface area contributed by atoms with Crippen molar-refractivity contribution in [2.45, 2.75) is 37.6 Å². The van der Waals surface area contributed by atoms with Crippen LogP contribution in [0, 0.1) is 10.1 Å². The lowest BCUT2D eigenvalue weighted by molar-refractivity contribution is -0.384. The van der Waals surface area contributed by atoms with Crippen LogP contribution in [0.5, 0.6) is 0 Å². The molecule has 0 spiro atoms. The van der Waals surface area contributed by atoms with E-state index in [0.29, 0.717) is 34.5 Å². The molecule has 12 heteroatoms. The number of hydrogen-bond donors (Lipinski definition) is 0. The molecule has 31 heavy (non-hydrogen) atoms. The van der Waals surface area contributed by atoms with Crippen molar-refractivity contribution in [3.63, 3.8) is 0 Å². The molecule has 0 bridgehead atoms. The van der Waals surface area contributed by atoms with Gasteiger partial charge in [0, 0.05) is 24.5 Å². The third-order valence-electron chi connectivity index (χ3n) is 4.15. The predicted molar refractivity (Wildman–Crippen MR) is 129 cm³/mol. The third-order valence-corrected chi connectivity index (χ3v) is 7.99. The number of ether oxygens (including phenoxy) is 2. The fraction of sp³-hybridized carbons (Fsp3) is 0.526. The first-order valence-electron chi connectivity index (χ1n) is 9.61. The summed E-state index contributed by atoms with van der Waals surface area (Å²) in [6.07, 6.45) is 0.384. The molecule has 1 saturated heterocycles. The van der Waals surface area contributed by atoms with Crippen LogP contribution in [0.1, 0.15) is 25.8 Å². The number of hydrogen-bond acceptors (Lipinski definition) is 10. The standard InChI is InChI=1S/C19H24N2O6S4/c1-3-26-9-10-30-19(28)31-17(20-15(22)11-16(20)29-4-2)18(23)27-12-13-5-7-14(8-6-13)21(24)25/h5-8,16-17H,3-4,9-12H2,1-2H3. The van der Waals surface area contributed by atoms with Crippen LogP contribution in [-0.4, -0.2) is 60.7 Å². The fourth-order valence-corrected chi connectivity index (χ4v) is 6.16. The van der Waals surface area contributed by atoms with E-state index in [0.717, 1.165) is 17.5 Å². The van der Waals surface area contributed by atoms with Crippen LogP contribution >= 0.6 is 47.5 Å². The van der Waals surface area contributed by atoms with E-state index in [2.05, 4.69) is 0 Å². The van der Waals surface area contributed by atoms with Gasteiger partial charge in [0.15, 0.2) is 5.37 Å². The number of thiocarbonyl (C=S) groups is 1. The molecule has 0 saturated carbocycles. The van der Waals surface area contributed by atoms with Gasteiger partial charge in [0.05, 0.1) is 23.3 Å². The van der Waals surface area contributed by atoms with Gasteiger partial charge < -0.3 is 14.4 Å². The number of carbonyl (C=O) groups is 2. The van der Waals surface area contributed by atoms with Gasteiger partial charge in [-0.3, -0.25) is 14.9 Å². The molecule has 1 fully saturated rings. The predicted octanol–water partition coefficient (Wildman–Crippen LogP) is 4.06. The van der Waals surface area contributed by atoms with Crippen LogP contribution < -0.4 is 0 Å². The Morgan fingerprint density at radius 2 is 2.06 bits per heavy atom. The van der Waals surface area contributed by atoms with Gasteiger partial charge in [-0.1, -0.05) is 30.9 Å². The Balaban J connectivity index is 2.02. The molecule has 1 aromatic rings. The molecule has 0 N–H and O–H groups in total. The zero-order chi connectivity index (χ0) is 22.8. The second-order valence-electron chi connectivity index (χ2n) is 6.21. The molecule has 1 amide bonds. The van der Waals surface area contributed by atoms with E-state index in [4.69, 9.17) is 21.7 Å². The van der Waals surface area contributed by atoms with E-state index in [1.54, 1.807) is 11.8 Å². The van der Waals surface area contributed by atoms with Gasteiger partial charge in [-0.05, 0) is 30.4 Å². The number of nitrogens with zero attached hydrogens (tertiary/aromatic N) is 2. The summed E-state index contributed by atoms with van der Waals surface area (Å²) in [6, 6.07) is 5.78. The Morgan fingerprint density at radius 1 is 1.35 bits per heavy atom. The number of thioether (sulfide) groups is 3. The van der Waals surface area contributed by atoms with Gasteiger partial charge >= 0.3 is 5.97 Å². The molecule has 2 unspecified atom stereocenters. The Hall–Kier alpha value is -1.34. The fourth-order valence-electron chi connectivity index (χ4n) is 2.63. The number of amides is 1. The van der Waals surface area contributed by atoms with Gasteiger partial charge in [-0.25, -0.2) is 4.79 Å². The molecule has 8 nitrogen and oxygen atoms in total. The largest absolute Gasteiger partial charge is 0.459 e. The van der Waals surface area contributed by atoms with Crippen LogP contribution in [0.3, 0.4) is 0 Å². The summed E-state index contributed by atoms with van der Waals surface area (Å²) in [6.45, 7) is 5.03. The average molecular weight is 505 g/mol. The molecule has 2 rings (SSSR count). The SMILES string of the molecule is CCOCCSC(=S)SC(C(=O)OCc1ccc([N+](=O)[O-])cc1)N1C(=O)CC1SCC. The van der Waals surface area contributed by atoms with Crippen molar-refractivity contribution in [1.29, 1.82) is 0 Å². The zero-order valence-electron chi connectivity index (χ0n) is 17.2. The maximum Gasteiger partial charge on any atom is 0.340 e. The first kappa shape index (κ1) is 25.9. The molecule has 1 aliphatic rings. The number of β-lactam (4-membered cyclic amide) rings is 1. The highest BCUT2D eigenvalue weighted by Gasteiger charge is 2.45. The first-order valence-corrected chi connectivity index (χ1v) is 12.9. The number of non-ortho nitro benzene ring substituents is 1. The van der Waals surface area contributed by atoms with Gasteiger partial charge in [-0.15, -0.1) is 23.5 Å². The number of benzene rings is 1. The minimum absolute atomic E-state index is 0.0384. The van der Waals surface area contributed by atoms with E-state index in [9.17, 15) is 19.7 Å². The minimum Gasteiger partial charge on any atom is -0.459 e. The maximum absolute atomic E-state index is 12.9. The van der Waals surface area contributed by atoms with Crippen LogP contribution in [0.15, 0.2) is 24.3 Å². The topological polar surface area (TPSA) is 99.0 Å². The third kappa shape index (κ3) is 7.94. The van der Waals surface area contributed by atoms with Gasteiger partial charge in [-0.2, -0.15) is 0 Å². The number of nitro groups is 1. The Morgan fingerprint density at radius 3 is 2.65 bits per heavy atom. The van der Waals surface area contributed by atoms with Crippen LogP contribution in [0.25, 0.3) is 0 Å². The summed E-state index contributed by atoms with van der Waals surface area (Å²) < 4.78 is 11.3. The molecule has 1 aromatic carbocycles. The second-order valence-corrected chi connectivity index (χ2v) is 11.0. The van der Waals surface area contributed by atoms with Gasteiger partial charge in [0.25, 0.3) is 5.69 Å². The molecule has 0 radical (unpaired) electrons. The van der Waals surface area contributed by atoms with Crippen molar-refractivity contribution in [1.82, 2.24) is 4.90 Å². The highest BCUT2D eigenvalue weighted by Crippen LogP contribution is 2.37. The maximum atomic E-state index is 12.9. The molecule has 0 aliphatic carbocycles. The summed E-state index contributed by atoms with van der Waals surface area (Å²) >= 11 is 9.54. The van der Waals surface area contributed by atoms with E-state index in [-0.39, 0.29) is 23.6 Å². The molecule has 1 aliphatic heterocycles. The average Bonchev–Trinajstić information content (AvgIpc) is 2.74. The molecular formula is C19H24N2O6S4. The highest BCUT2D eigenvalue weighted by atomic mass is 32.2. The number of nitro benzene ring substituents is 1. The Labute approximate surface area is 199 Å². The summed E-state index contributed by atoms with van der Waals surface area (Å²) in [4.78, 5) is 37.0. The van der Waals surface area contributed by atoms with E-state index in [1.165, 1.54) is 40.9 Å². The number of esters is 1. The quantitative estimate of drug-likeness (QED) is 0.103. The lowest BCUT2D eigenvalue weighted by atomic mass is 10.2. The van der Waals surface area contributed by atoms with Crippen molar-refractivity contribution in [3.05, 3.63) is 39.9 Å². The lowest BCUT2D eigenvalue weighted by Gasteiger charge is -2.43. The van der Waals surface area contributed by atoms with Gasteiger partial charge in [0.1, 0.15) is 10.1 Å². The van der Waals surface area contributed by atoms with Crippen LogP contribution in [0.2, 0.25) is 0 Å². The number of likely N-dealkylation sites (tertiary alicyclic amines) is 1. The summed E-state index contributed by atoms with van der Waals surface area (Å²) in [5.74, 6) is 0.798. The van der Waals surface area contributed by atoms with Crippen molar-refractivity contribution >= 4 is 68.6 Å². The molecule has 170 valence electrons. The number of rotatable bonds is 12. The van der Waals surface area contributed by atoms with Crippen molar-refractivity contribution in [2.75, 3.05) is 24.7 Å². The number of carbonyl (C=O) groups excluding carboxylic acids is 2. The lowest BCUT2D eigenvalue weighted by Crippen LogP contribution is -2.57. The molecule has 0 aromatic heterocycles. The summed E-state index contributed by atoms with van der Waals surface area (Å²) in [7, 11) is 0. The van der Waals surface area contributed by atoms with E-state index >= 15 is 0 Å². The van der Waals surface area contributed by atoms with Gasteiger partial charge in [0.2, 0.25) is 5.91 Å². The van der Waals surface area contributed by atoms with E-state index in [1.807, 2.05) is 13.8 Å². The summed E-state index contributed by atoms with van der Waals surface area (Å²) in [5.41, 5.74) is 0.578. The zero-order valence-corrected chi connectivity index (χ0v) is 20.4. The molecular weight excluding hydrogens is 480 g/mol. The Bertz CT molecular complexity index is 792. The Kier molecular flexibility index (Phi) is 11.1. The smallest absolute Gasteiger partial charge is 0.340 e. The highest BCUT2D eigenvalue weighted by molar-refractivity contribution is 8.47. The van der Waals surface area contributed by atoms with Crippen molar-refractivity contribution < 1.29 is 24.0 Å². The monoisotopic (exact) mass is 504 g/mol. The van der Waals surface area contributed by atoms with E-state index < -0.39 is 16.3 Å². The molecule has 2 atom stereocenters. The first-order chi connectivity index (χ1) is 14.9. The van der Waals surface area contributed by atoms with Crippen LogP contribution in [-0.2, 0) is 25.7 Å². The normalized spacial score (nSPS) is 16.5. The minimum atomic E-state index is -0.865. The van der Waals surface area contributed by atoms with Crippen LogP contribution in [0.4, 0.5) is 5.69 Å². The van der Waals surface area contributed by atoms with Crippen molar-refractivity contribution in [3.8, 4) is 0 Å².